The number of carbonyl (C=O) groups excluding carboxylic acids is 1. The summed E-state index contributed by atoms with van der Waals surface area (Å²) in [6.07, 6.45) is 0.872. The third kappa shape index (κ3) is 4.96. The van der Waals surface area contributed by atoms with E-state index in [1.165, 1.54) is 0 Å². The van der Waals surface area contributed by atoms with Crippen LogP contribution in [-0.4, -0.2) is 19.0 Å². The van der Waals surface area contributed by atoms with Crippen molar-refractivity contribution in [2.45, 2.75) is 12.3 Å². The number of para-hydroxylation sites is 1. The molecule has 26 heavy (non-hydrogen) atoms. The molecule has 0 aliphatic carbocycles. The fourth-order valence-electron chi connectivity index (χ4n) is 2.98. The summed E-state index contributed by atoms with van der Waals surface area (Å²) < 4.78 is 0. The predicted octanol–water partition coefficient (Wildman–Crippen LogP) is 4.44. The van der Waals surface area contributed by atoms with Gasteiger partial charge in [0.15, 0.2) is 0 Å². The van der Waals surface area contributed by atoms with Crippen LogP contribution in [0, 0.1) is 0 Å². The van der Waals surface area contributed by atoms with Gasteiger partial charge in [0, 0.05) is 18.8 Å². The van der Waals surface area contributed by atoms with E-state index >= 15 is 0 Å². The van der Waals surface area contributed by atoms with Gasteiger partial charge < -0.3 is 10.6 Å². The summed E-state index contributed by atoms with van der Waals surface area (Å²) in [5, 5.41) is 6.45. The summed E-state index contributed by atoms with van der Waals surface area (Å²) in [5.74, 6) is -0.235. The van der Waals surface area contributed by atoms with Crippen molar-refractivity contribution >= 4 is 11.6 Å². The number of benzene rings is 3. The summed E-state index contributed by atoms with van der Waals surface area (Å²) >= 11 is 0. The van der Waals surface area contributed by atoms with E-state index in [9.17, 15) is 4.79 Å². The number of carbonyl (C=O) groups is 1. The number of amides is 1. The largest absolute Gasteiger partial charge is 0.385 e. The second-order valence-corrected chi connectivity index (χ2v) is 6.19. The molecule has 0 atom stereocenters. The lowest BCUT2D eigenvalue weighted by molar-refractivity contribution is -0.121. The van der Waals surface area contributed by atoms with Crippen LogP contribution >= 0.6 is 0 Å². The van der Waals surface area contributed by atoms with E-state index in [1.54, 1.807) is 0 Å². The second-order valence-electron chi connectivity index (χ2n) is 6.19. The van der Waals surface area contributed by atoms with Crippen LogP contribution in [0.4, 0.5) is 5.69 Å². The molecule has 3 nitrogen and oxygen atoms in total. The Labute approximate surface area is 155 Å². The maximum atomic E-state index is 12.8. The van der Waals surface area contributed by atoms with E-state index in [-0.39, 0.29) is 11.8 Å². The first kappa shape index (κ1) is 17.7. The van der Waals surface area contributed by atoms with Gasteiger partial charge in [0.05, 0.1) is 5.92 Å². The lowest BCUT2D eigenvalue weighted by Gasteiger charge is -2.18. The summed E-state index contributed by atoms with van der Waals surface area (Å²) in [5.41, 5.74) is 3.13. The van der Waals surface area contributed by atoms with Crippen molar-refractivity contribution in [2.75, 3.05) is 18.4 Å². The first-order valence-electron chi connectivity index (χ1n) is 9.01. The van der Waals surface area contributed by atoms with Crippen molar-refractivity contribution in [2.24, 2.45) is 0 Å². The van der Waals surface area contributed by atoms with Crippen LogP contribution in [0.25, 0.3) is 0 Å². The Morgan fingerprint density at radius 1 is 0.692 bits per heavy atom. The molecule has 3 aromatic rings. The Bertz CT molecular complexity index is 749. The fraction of sp³-hybridized carbons (Fsp3) is 0.174. The van der Waals surface area contributed by atoms with Gasteiger partial charge in [-0.15, -0.1) is 0 Å². The molecule has 0 heterocycles. The topological polar surface area (TPSA) is 41.1 Å². The van der Waals surface area contributed by atoms with E-state index in [0.717, 1.165) is 29.8 Å². The molecule has 0 aromatic heterocycles. The molecule has 0 saturated heterocycles. The average molecular weight is 344 g/mol. The van der Waals surface area contributed by atoms with Crippen molar-refractivity contribution in [3.63, 3.8) is 0 Å². The summed E-state index contributed by atoms with van der Waals surface area (Å²) in [6, 6.07) is 30.0. The van der Waals surface area contributed by atoms with Gasteiger partial charge in [-0.2, -0.15) is 0 Å². The molecule has 0 saturated carbocycles. The van der Waals surface area contributed by atoms with Crippen LogP contribution in [0.1, 0.15) is 23.5 Å². The predicted molar refractivity (Wildman–Crippen MR) is 107 cm³/mol. The van der Waals surface area contributed by atoms with Gasteiger partial charge in [-0.1, -0.05) is 78.9 Å². The zero-order valence-corrected chi connectivity index (χ0v) is 14.8. The van der Waals surface area contributed by atoms with Crippen molar-refractivity contribution in [3.05, 3.63) is 102 Å². The van der Waals surface area contributed by atoms with Crippen molar-refractivity contribution in [1.82, 2.24) is 5.32 Å². The molecule has 2 N–H and O–H groups in total. The zero-order valence-electron chi connectivity index (χ0n) is 14.8. The van der Waals surface area contributed by atoms with Crippen LogP contribution in [0.15, 0.2) is 91.0 Å². The standard InChI is InChI=1S/C23H24N2O/c26-23(25-18-10-17-24-21-15-8-3-9-16-21)22(19-11-4-1-5-12-19)20-13-6-2-7-14-20/h1-9,11-16,22,24H,10,17-18H2,(H,25,26). The van der Waals surface area contributed by atoms with E-state index in [2.05, 4.69) is 10.6 Å². The van der Waals surface area contributed by atoms with Gasteiger partial charge in [0.1, 0.15) is 0 Å². The normalized spacial score (nSPS) is 10.5. The molecule has 0 fully saturated rings. The van der Waals surface area contributed by atoms with Crippen LogP contribution in [-0.2, 0) is 4.79 Å². The first-order chi connectivity index (χ1) is 12.8. The fourth-order valence-corrected chi connectivity index (χ4v) is 2.98. The highest BCUT2D eigenvalue weighted by Crippen LogP contribution is 2.24. The highest BCUT2D eigenvalue weighted by Gasteiger charge is 2.21. The minimum absolute atomic E-state index is 0.0436. The van der Waals surface area contributed by atoms with E-state index in [0.29, 0.717) is 6.54 Å². The Kier molecular flexibility index (Phi) is 6.43. The number of rotatable bonds is 8. The van der Waals surface area contributed by atoms with Crippen molar-refractivity contribution < 1.29 is 4.79 Å². The van der Waals surface area contributed by atoms with Crippen LogP contribution in [0.5, 0.6) is 0 Å². The van der Waals surface area contributed by atoms with Crippen molar-refractivity contribution in [3.8, 4) is 0 Å². The Morgan fingerprint density at radius 3 is 1.73 bits per heavy atom. The molecule has 3 heteroatoms. The third-order valence-corrected chi connectivity index (χ3v) is 4.28. The lowest BCUT2D eigenvalue weighted by atomic mass is 9.90. The van der Waals surface area contributed by atoms with E-state index in [1.807, 2.05) is 91.0 Å². The van der Waals surface area contributed by atoms with Gasteiger partial charge in [-0.05, 0) is 29.7 Å². The monoisotopic (exact) mass is 344 g/mol. The number of hydrogen-bond acceptors (Lipinski definition) is 2. The molecule has 0 bridgehead atoms. The van der Waals surface area contributed by atoms with Gasteiger partial charge in [0.25, 0.3) is 0 Å². The maximum absolute atomic E-state index is 12.8. The molecule has 3 rings (SSSR count). The average Bonchev–Trinajstić information content (AvgIpc) is 2.70. The van der Waals surface area contributed by atoms with Crippen molar-refractivity contribution in [1.29, 1.82) is 0 Å². The molecular formula is C23H24N2O. The number of anilines is 1. The van der Waals surface area contributed by atoms with Crippen LogP contribution < -0.4 is 10.6 Å². The molecule has 0 aliphatic rings. The molecule has 3 aromatic carbocycles. The summed E-state index contributed by atoms with van der Waals surface area (Å²) in [6.45, 7) is 1.47. The van der Waals surface area contributed by atoms with Gasteiger partial charge in [-0.3, -0.25) is 4.79 Å². The van der Waals surface area contributed by atoms with Crippen LogP contribution in [0.2, 0.25) is 0 Å². The smallest absolute Gasteiger partial charge is 0.232 e. The van der Waals surface area contributed by atoms with Crippen LogP contribution in [0.3, 0.4) is 0 Å². The molecule has 0 aliphatic heterocycles. The summed E-state index contributed by atoms with van der Waals surface area (Å²) in [7, 11) is 0. The highest BCUT2D eigenvalue weighted by molar-refractivity contribution is 5.87. The van der Waals surface area contributed by atoms with Gasteiger partial charge >= 0.3 is 0 Å². The molecule has 0 spiro atoms. The third-order valence-electron chi connectivity index (χ3n) is 4.28. The molecule has 1 amide bonds. The molecule has 0 radical (unpaired) electrons. The Hall–Kier alpha value is -3.07. The van der Waals surface area contributed by atoms with Gasteiger partial charge in [-0.25, -0.2) is 0 Å². The maximum Gasteiger partial charge on any atom is 0.232 e. The molecule has 0 unspecified atom stereocenters. The van der Waals surface area contributed by atoms with E-state index < -0.39 is 0 Å². The number of hydrogen-bond donors (Lipinski definition) is 2. The highest BCUT2D eigenvalue weighted by atomic mass is 16.1. The second kappa shape index (κ2) is 9.42. The summed E-state index contributed by atoms with van der Waals surface area (Å²) in [4.78, 5) is 12.8. The Morgan fingerprint density at radius 2 is 1.19 bits per heavy atom. The zero-order chi connectivity index (χ0) is 18.0. The SMILES string of the molecule is O=C(NCCCNc1ccccc1)C(c1ccccc1)c1ccccc1. The first-order valence-corrected chi connectivity index (χ1v) is 9.01. The lowest BCUT2D eigenvalue weighted by Crippen LogP contribution is -2.31. The Balaban J connectivity index is 1.56. The quantitative estimate of drug-likeness (QED) is 0.593. The molecule has 132 valence electrons. The van der Waals surface area contributed by atoms with E-state index in [4.69, 9.17) is 0 Å². The number of nitrogens with one attached hydrogen (secondary N) is 2. The minimum Gasteiger partial charge on any atom is -0.385 e. The van der Waals surface area contributed by atoms with Gasteiger partial charge in [0.2, 0.25) is 5.91 Å². The molecular weight excluding hydrogens is 320 g/mol. The minimum atomic E-state index is -0.278.